The first-order valence-corrected chi connectivity index (χ1v) is 10.4. The molecule has 5 nitrogen and oxygen atoms in total. The Kier molecular flexibility index (Phi) is 6.78. The molecule has 1 heterocycles. The summed E-state index contributed by atoms with van der Waals surface area (Å²) in [7, 11) is 1.87. The summed E-state index contributed by atoms with van der Waals surface area (Å²) in [6.07, 6.45) is -0.853. The molecule has 1 aliphatic rings. The molecule has 30 heavy (non-hydrogen) atoms. The van der Waals surface area contributed by atoms with Crippen LogP contribution >= 0.6 is 0 Å². The molecule has 2 aromatic carbocycles. The lowest BCUT2D eigenvalue weighted by Gasteiger charge is -2.46. The highest BCUT2D eigenvalue weighted by Crippen LogP contribution is 2.29. The van der Waals surface area contributed by atoms with Crippen LogP contribution in [0, 0.1) is 11.2 Å². The van der Waals surface area contributed by atoms with E-state index in [1.807, 2.05) is 31.3 Å². The molecule has 0 saturated carbocycles. The number of piperazine rings is 1. The molecule has 2 aromatic rings. The van der Waals surface area contributed by atoms with E-state index in [0.29, 0.717) is 38.3 Å². The van der Waals surface area contributed by atoms with Gasteiger partial charge in [0, 0.05) is 38.3 Å². The third kappa shape index (κ3) is 5.18. The molecule has 2 N–H and O–H groups in total. The molecule has 1 saturated heterocycles. The average Bonchev–Trinajstić information content (AvgIpc) is 2.69. The van der Waals surface area contributed by atoms with Crippen molar-refractivity contribution in [3.63, 3.8) is 0 Å². The lowest BCUT2D eigenvalue weighted by atomic mass is 9.84. The molecule has 1 fully saturated rings. The zero-order valence-corrected chi connectivity index (χ0v) is 18.3. The Bertz CT molecular complexity index is 894. The maximum atomic E-state index is 14.5. The number of hydrogen-bond acceptors (Lipinski definition) is 3. The highest BCUT2D eigenvalue weighted by atomic mass is 19.1. The Labute approximate surface area is 178 Å². The van der Waals surface area contributed by atoms with Gasteiger partial charge in [-0.1, -0.05) is 45.0 Å². The Morgan fingerprint density at radius 3 is 2.60 bits per heavy atom. The third-order valence-electron chi connectivity index (χ3n) is 5.77. The van der Waals surface area contributed by atoms with Gasteiger partial charge in [0.2, 0.25) is 0 Å². The monoisotopic (exact) mass is 413 g/mol. The summed E-state index contributed by atoms with van der Waals surface area (Å²) in [5.74, 6) is -0.227. The minimum Gasteiger partial charge on any atom is -0.465 e. The molecule has 0 radical (unpaired) electrons. The molecule has 162 valence electrons. The number of nitrogens with zero attached hydrogens (tertiary/aromatic N) is 2. The van der Waals surface area contributed by atoms with Crippen LogP contribution in [0.3, 0.4) is 0 Å². The van der Waals surface area contributed by atoms with Gasteiger partial charge in [-0.15, -0.1) is 0 Å². The molecule has 6 heteroatoms. The summed E-state index contributed by atoms with van der Waals surface area (Å²) in [5.41, 5.74) is 3.46. The topological polar surface area (TPSA) is 55.8 Å². The maximum Gasteiger partial charge on any atom is 0.407 e. The molecule has 1 atom stereocenters. The first kappa shape index (κ1) is 22.2. The van der Waals surface area contributed by atoms with Crippen LogP contribution in [0.5, 0.6) is 0 Å². The van der Waals surface area contributed by atoms with Crippen molar-refractivity contribution in [2.24, 2.45) is 5.41 Å². The molecule has 1 amide bonds. The Hall–Kier alpha value is -2.44. The van der Waals surface area contributed by atoms with E-state index < -0.39 is 6.09 Å². The van der Waals surface area contributed by atoms with Crippen LogP contribution in [0.15, 0.2) is 42.5 Å². The Morgan fingerprint density at radius 1 is 1.17 bits per heavy atom. The predicted octanol–water partition coefficient (Wildman–Crippen LogP) is 4.42. The second-order valence-corrected chi connectivity index (χ2v) is 9.14. The van der Waals surface area contributed by atoms with Crippen LogP contribution in [0.4, 0.5) is 9.18 Å². The second-order valence-electron chi connectivity index (χ2n) is 9.14. The van der Waals surface area contributed by atoms with E-state index in [4.69, 9.17) is 0 Å². The summed E-state index contributed by atoms with van der Waals surface area (Å²) in [6.45, 7) is 9.52. The predicted molar refractivity (Wildman–Crippen MR) is 118 cm³/mol. The van der Waals surface area contributed by atoms with Crippen LogP contribution < -0.4 is 5.32 Å². The third-order valence-corrected chi connectivity index (χ3v) is 5.77. The smallest absolute Gasteiger partial charge is 0.407 e. The second kappa shape index (κ2) is 9.14. The van der Waals surface area contributed by atoms with Gasteiger partial charge in [-0.05, 0) is 47.4 Å². The molecule has 0 aliphatic carbocycles. The maximum absolute atomic E-state index is 14.5. The summed E-state index contributed by atoms with van der Waals surface area (Å²) < 4.78 is 14.5. The fourth-order valence-corrected chi connectivity index (χ4v) is 4.16. The molecule has 1 unspecified atom stereocenters. The summed E-state index contributed by atoms with van der Waals surface area (Å²) in [4.78, 5) is 15.5. The number of nitrogens with one attached hydrogen (secondary N) is 1. The Balaban J connectivity index is 1.79. The quantitative estimate of drug-likeness (QED) is 0.762. The van der Waals surface area contributed by atoms with Crippen molar-refractivity contribution >= 4 is 6.09 Å². The van der Waals surface area contributed by atoms with Gasteiger partial charge in [0.05, 0.1) is 6.04 Å². The lowest BCUT2D eigenvalue weighted by Crippen LogP contribution is -2.59. The van der Waals surface area contributed by atoms with E-state index >= 15 is 0 Å². The molecule has 0 aromatic heterocycles. The van der Waals surface area contributed by atoms with Gasteiger partial charge in [-0.2, -0.15) is 0 Å². The summed E-state index contributed by atoms with van der Waals surface area (Å²) in [5, 5.41) is 12.7. The molecular formula is C24H32FN3O2. The summed E-state index contributed by atoms with van der Waals surface area (Å²) in [6, 6.07) is 13.1. The largest absolute Gasteiger partial charge is 0.465 e. The van der Waals surface area contributed by atoms with Crippen molar-refractivity contribution in [1.29, 1.82) is 0 Å². The van der Waals surface area contributed by atoms with Crippen molar-refractivity contribution < 1.29 is 14.3 Å². The fourth-order valence-electron chi connectivity index (χ4n) is 4.16. The van der Waals surface area contributed by atoms with Gasteiger partial charge in [0.1, 0.15) is 5.82 Å². The first-order chi connectivity index (χ1) is 14.2. The number of hydrogen-bond donors (Lipinski definition) is 2. The van der Waals surface area contributed by atoms with Crippen LogP contribution in [0.2, 0.25) is 0 Å². The van der Waals surface area contributed by atoms with E-state index in [0.717, 1.165) is 16.7 Å². The number of benzene rings is 2. The highest BCUT2D eigenvalue weighted by molar-refractivity contribution is 5.66. The highest BCUT2D eigenvalue weighted by Gasteiger charge is 2.37. The number of carbonyl (C=O) groups is 1. The van der Waals surface area contributed by atoms with E-state index in [1.54, 1.807) is 11.0 Å². The van der Waals surface area contributed by atoms with Crippen molar-refractivity contribution in [2.45, 2.75) is 39.9 Å². The van der Waals surface area contributed by atoms with Crippen molar-refractivity contribution in [3.05, 3.63) is 59.4 Å². The number of halogens is 1. The van der Waals surface area contributed by atoms with Crippen LogP contribution in [0.25, 0.3) is 11.1 Å². The van der Waals surface area contributed by atoms with Gasteiger partial charge >= 0.3 is 6.09 Å². The fraction of sp³-hybridized carbons (Fsp3) is 0.458. The standard InChI is InChI=1S/C24H32FN3O2/c1-24(2,3)22-16-27(10-11-28(22)23(29)30)15-18-6-5-7-19(12-18)20-13-17(14-26-4)8-9-21(20)25/h5-9,12-13,22,26H,10-11,14-16H2,1-4H3,(H,29,30). The minimum absolute atomic E-state index is 0.0670. The normalized spacial score (nSPS) is 17.9. The zero-order chi connectivity index (χ0) is 21.9. The Morgan fingerprint density at radius 2 is 1.93 bits per heavy atom. The van der Waals surface area contributed by atoms with E-state index in [9.17, 15) is 14.3 Å². The van der Waals surface area contributed by atoms with Crippen LogP contribution in [-0.4, -0.2) is 53.7 Å². The van der Waals surface area contributed by atoms with Gasteiger partial charge in [0.25, 0.3) is 0 Å². The molecule has 3 rings (SSSR count). The van der Waals surface area contributed by atoms with Crippen LogP contribution in [0.1, 0.15) is 31.9 Å². The van der Waals surface area contributed by atoms with Crippen molar-refractivity contribution in [3.8, 4) is 11.1 Å². The first-order valence-electron chi connectivity index (χ1n) is 10.4. The van der Waals surface area contributed by atoms with Crippen molar-refractivity contribution in [2.75, 3.05) is 26.7 Å². The van der Waals surface area contributed by atoms with Crippen molar-refractivity contribution in [1.82, 2.24) is 15.1 Å². The van der Waals surface area contributed by atoms with E-state index in [-0.39, 0.29) is 17.3 Å². The SMILES string of the molecule is CNCc1ccc(F)c(-c2cccc(CN3CCN(C(=O)O)C(C(C)(C)C)C3)c2)c1. The molecule has 0 spiro atoms. The lowest BCUT2D eigenvalue weighted by molar-refractivity contribution is 0.0190. The van der Waals surface area contributed by atoms with E-state index in [2.05, 4.69) is 37.1 Å². The minimum atomic E-state index is -0.853. The number of rotatable bonds is 5. The molecule has 0 bridgehead atoms. The van der Waals surface area contributed by atoms with E-state index in [1.165, 1.54) is 6.07 Å². The van der Waals surface area contributed by atoms with Gasteiger partial charge in [0.15, 0.2) is 0 Å². The van der Waals surface area contributed by atoms with Gasteiger partial charge < -0.3 is 15.3 Å². The molecular weight excluding hydrogens is 381 g/mol. The molecule has 1 aliphatic heterocycles. The summed E-state index contributed by atoms with van der Waals surface area (Å²) >= 11 is 0. The number of carboxylic acid groups (broad SMARTS) is 1. The van der Waals surface area contributed by atoms with Gasteiger partial charge in [-0.25, -0.2) is 9.18 Å². The zero-order valence-electron chi connectivity index (χ0n) is 18.3. The van der Waals surface area contributed by atoms with Crippen LogP contribution in [-0.2, 0) is 13.1 Å². The average molecular weight is 414 g/mol. The number of amides is 1. The van der Waals surface area contributed by atoms with Gasteiger partial charge in [-0.3, -0.25) is 4.90 Å².